The summed E-state index contributed by atoms with van der Waals surface area (Å²) in [6.07, 6.45) is 4.41. The van der Waals surface area contributed by atoms with Gasteiger partial charge in [0.05, 0.1) is 19.3 Å². The number of ether oxygens (including phenoxy) is 3. The molecule has 58 heavy (non-hydrogen) atoms. The highest BCUT2D eigenvalue weighted by atomic mass is 17.2. The Morgan fingerprint density at radius 2 is 1.22 bits per heavy atom. The molecule has 0 aromatic heterocycles. The van der Waals surface area contributed by atoms with E-state index in [-0.39, 0.29) is 37.2 Å². The summed E-state index contributed by atoms with van der Waals surface area (Å²) in [5, 5.41) is 28.2. The van der Waals surface area contributed by atoms with Crippen molar-refractivity contribution >= 4 is 29.8 Å². The zero-order valence-electron chi connectivity index (χ0n) is 34.3. The van der Waals surface area contributed by atoms with Crippen LogP contribution in [-0.4, -0.2) is 111 Å². The first-order valence-electron chi connectivity index (χ1n) is 19.6. The fourth-order valence-corrected chi connectivity index (χ4v) is 4.99. The second-order valence-corrected chi connectivity index (χ2v) is 12.9. The van der Waals surface area contributed by atoms with E-state index in [1.54, 1.807) is 50.2 Å². The number of nitrogens with one attached hydrogen (secondary N) is 4. The van der Waals surface area contributed by atoms with Crippen molar-refractivity contribution in [2.24, 2.45) is 5.73 Å². The van der Waals surface area contributed by atoms with Crippen LogP contribution in [0.3, 0.4) is 0 Å². The maximum Gasteiger partial charge on any atom is 0.349 e. The Kier molecular flexibility index (Phi) is 27.3. The maximum atomic E-state index is 12.4. The molecule has 0 fully saturated rings. The molecule has 4 unspecified atom stereocenters. The first-order chi connectivity index (χ1) is 27.9. The lowest BCUT2D eigenvalue weighted by Crippen LogP contribution is -2.50. The minimum absolute atomic E-state index is 0.0858. The van der Waals surface area contributed by atoms with Crippen molar-refractivity contribution in [3.63, 3.8) is 0 Å². The van der Waals surface area contributed by atoms with E-state index in [1.165, 1.54) is 7.05 Å². The average Bonchev–Trinajstić information content (AvgIpc) is 3.21. The normalized spacial score (nSPS) is 12.7. The van der Waals surface area contributed by atoms with E-state index < -0.39 is 48.9 Å². The quantitative estimate of drug-likeness (QED) is 0.0282. The molecular weight excluding hydrogens is 758 g/mol. The molecule has 4 amide bonds. The molecule has 8 N–H and O–H groups in total. The number of esters is 1. The van der Waals surface area contributed by atoms with Gasteiger partial charge in [-0.1, -0.05) is 63.8 Å². The Labute approximate surface area is 340 Å². The van der Waals surface area contributed by atoms with Gasteiger partial charge in [-0.15, -0.1) is 0 Å². The van der Waals surface area contributed by atoms with Crippen LogP contribution in [0.15, 0.2) is 48.5 Å². The summed E-state index contributed by atoms with van der Waals surface area (Å²) in [5.41, 5.74) is 7.63. The molecule has 2 rings (SSSR count). The van der Waals surface area contributed by atoms with Crippen molar-refractivity contribution in [3.05, 3.63) is 59.7 Å². The summed E-state index contributed by atoms with van der Waals surface area (Å²) < 4.78 is 15.9. The van der Waals surface area contributed by atoms with Crippen molar-refractivity contribution in [1.82, 2.24) is 21.3 Å². The van der Waals surface area contributed by atoms with E-state index in [1.807, 2.05) is 12.1 Å². The molecule has 326 valence electrons. The molecule has 0 saturated carbocycles. The Morgan fingerprint density at radius 1 is 0.690 bits per heavy atom. The molecule has 0 aliphatic carbocycles. The molecule has 2 aromatic rings. The van der Waals surface area contributed by atoms with Crippen LogP contribution in [0.4, 0.5) is 4.79 Å². The number of benzene rings is 2. The molecule has 18 nitrogen and oxygen atoms in total. The van der Waals surface area contributed by atoms with Crippen LogP contribution in [0.25, 0.3) is 0 Å². The number of carboxylic acids is 1. The van der Waals surface area contributed by atoms with E-state index in [0.29, 0.717) is 31.9 Å². The van der Waals surface area contributed by atoms with Gasteiger partial charge in [0.25, 0.3) is 0 Å². The number of rotatable bonds is 28. The summed E-state index contributed by atoms with van der Waals surface area (Å²) in [7, 11) is 1.46. The summed E-state index contributed by atoms with van der Waals surface area (Å²) >= 11 is 0. The molecule has 18 heteroatoms. The lowest BCUT2D eigenvalue weighted by Gasteiger charge is -2.19. The number of hydrogen-bond acceptors (Lipinski definition) is 13. The molecule has 0 saturated heterocycles. The Hall–Kier alpha value is -5.01. The lowest BCUT2D eigenvalue weighted by atomic mass is 10.0. The molecule has 2 aromatic carbocycles. The predicted molar refractivity (Wildman–Crippen MR) is 214 cm³/mol. The third-order valence-electron chi connectivity index (χ3n) is 8.12. The number of nitrogens with two attached hydrogens (primary N) is 1. The number of carbonyl (C=O) groups excluding carboxylic acids is 4. The molecule has 0 bridgehead atoms. The topological polar surface area (TPSA) is 255 Å². The van der Waals surface area contributed by atoms with Gasteiger partial charge in [-0.2, -0.15) is 0 Å². The molecule has 0 radical (unpaired) electrons. The number of carboxylic acid groups (broad SMARTS) is 1. The third-order valence-corrected chi connectivity index (χ3v) is 8.12. The molecular formula is C40H63N5O13. The minimum atomic E-state index is -1.36. The third kappa shape index (κ3) is 22.1. The predicted octanol–water partition coefficient (Wildman–Crippen LogP) is 3.30. The van der Waals surface area contributed by atoms with E-state index in [0.717, 1.165) is 49.7 Å². The second-order valence-electron chi connectivity index (χ2n) is 12.9. The van der Waals surface area contributed by atoms with Gasteiger partial charge in [-0.25, -0.2) is 29.0 Å². The largest absolute Gasteiger partial charge is 0.478 e. The molecule has 4 atom stereocenters. The standard InChI is InChI=1S/C21H34N2O6.C19H29N3O7/c1-4-7-8-13-23-20(24)18(22)14-16-9-11-17(12-10-16)29-19(15-28-27-6-3)21(25)26-5-2;1-3-4-5-10-21-17(23)15(22-19(26)20-2)11-13-6-8-14(9-7-13)29-16(12-28-27)18(24)25/h9-12,18-19H,4-8,13-15,22H2,1-3H3,(H,23,24);6-9,15-16,27H,3-5,10-12H2,1-2H3,(H,21,23)(H,24,25)(H2,20,22,26). The van der Waals surface area contributed by atoms with Gasteiger partial charge in [0.2, 0.25) is 24.0 Å². The van der Waals surface area contributed by atoms with Crippen LogP contribution in [-0.2, 0) is 51.4 Å². The SMILES string of the molecule is CCCCCNC(=O)C(Cc1ccc(OC(COO)C(=O)O)cc1)NC(=O)NC.CCCCCNC(=O)C(N)Cc1ccc(OC(COOCC)C(=O)OCC)cc1. The summed E-state index contributed by atoms with van der Waals surface area (Å²) in [5.74, 6) is -1.51. The highest BCUT2D eigenvalue weighted by molar-refractivity contribution is 5.87. The van der Waals surface area contributed by atoms with Gasteiger partial charge < -0.3 is 46.3 Å². The van der Waals surface area contributed by atoms with Crippen LogP contribution in [0, 0.1) is 0 Å². The van der Waals surface area contributed by atoms with Gasteiger partial charge in [-0.05, 0) is 68.5 Å². The Morgan fingerprint density at radius 3 is 1.71 bits per heavy atom. The first-order valence-corrected chi connectivity index (χ1v) is 19.6. The molecule has 0 aliphatic heterocycles. The van der Waals surface area contributed by atoms with Crippen LogP contribution >= 0.6 is 0 Å². The highest BCUT2D eigenvalue weighted by Gasteiger charge is 2.24. The number of amides is 4. The monoisotopic (exact) mass is 821 g/mol. The average molecular weight is 822 g/mol. The number of aliphatic carboxylic acids is 1. The summed E-state index contributed by atoms with van der Waals surface area (Å²) in [6.45, 7) is 8.85. The minimum Gasteiger partial charge on any atom is -0.478 e. The van der Waals surface area contributed by atoms with Crippen molar-refractivity contribution < 1.29 is 63.2 Å². The zero-order chi connectivity index (χ0) is 43.1. The van der Waals surface area contributed by atoms with Crippen molar-refractivity contribution in [2.45, 2.75) is 103 Å². The van der Waals surface area contributed by atoms with Crippen LogP contribution in [0.1, 0.15) is 77.3 Å². The van der Waals surface area contributed by atoms with E-state index in [2.05, 4.69) is 40.0 Å². The van der Waals surface area contributed by atoms with Crippen molar-refractivity contribution in [1.29, 1.82) is 0 Å². The van der Waals surface area contributed by atoms with Crippen molar-refractivity contribution in [2.75, 3.05) is 46.6 Å². The van der Waals surface area contributed by atoms with E-state index >= 15 is 0 Å². The molecule has 0 spiro atoms. The van der Waals surface area contributed by atoms with E-state index in [4.69, 9.17) is 40.1 Å². The maximum absolute atomic E-state index is 12.4. The number of carbonyl (C=O) groups is 5. The van der Waals surface area contributed by atoms with Crippen LogP contribution in [0.5, 0.6) is 11.5 Å². The van der Waals surface area contributed by atoms with Crippen LogP contribution < -0.4 is 36.5 Å². The van der Waals surface area contributed by atoms with Crippen molar-refractivity contribution in [3.8, 4) is 11.5 Å². The smallest absolute Gasteiger partial charge is 0.349 e. The number of unbranched alkanes of at least 4 members (excludes halogenated alkanes) is 4. The van der Waals surface area contributed by atoms with Gasteiger partial charge in [-0.3, -0.25) is 14.8 Å². The number of urea groups is 1. The Balaban J connectivity index is 0.000000580. The van der Waals surface area contributed by atoms with Crippen LogP contribution in [0.2, 0.25) is 0 Å². The summed E-state index contributed by atoms with van der Waals surface area (Å²) in [4.78, 5) is 72.8. The van der Waals surface area contributed by atoms with Gasteiger partial charge in [0.15, 0.2) is 0 Å². The number of hydrogen-bond donors (Lipinski definition) is 7. The van der Waals surface area contributed by atoms with E-state index in [9.17, 15) is 24.0 Å². The van der Waals surface area contributed by atoms with Gasteiger partial charge in [0, 0.05) is 26.6 Å². The summed E-state index contributed by atoms with van der Waals surface area (Å²) in [6, 6.07) is 11.6. The Bertz CT molecular complexity index is 1460. The highest BCUT2D eigenvalue weighted by Crippen LogP contribution is 2.17. The lowest BCUT2D eigenvalue weighted by molar-refractivity contribution is -0.299. The van der Waals surface area contributed by atoms with Gasteiger partial charge in [0.1, 0.15) is 30.8 Å². The first kappa shape index (κ1) is 51.0. The fraction of sp³-hybridized carbons (Fsp3) is 0.575. The fourth-order valence-electron chi connectivity index (χ4n) is 4.99. The molecule has 0 heterocycles. The van der Waals surface area contributed by atoms with Gasteiger partial charge >= 0.3 is 18.0 Å². The molecule has 0 aliphatic rings. The zero-order valence-corrected chi connectivity index (χ0v) is 34.3. The second kappa shape index (κ2) is 31.0.